The fourth-order valence-corrected chi connectivity index (χ4v) is 2.15. The minimum absolute atomic E-state index is 0.459. The monoisotopic (exact) mass is 171 g/mol. The minimum atomic E-state index is 0.459. The van der Waals surface area contributed by atoms with E-state index in [9.17, 15) is 0 Å². The van der Waals surface area contributed by atoms with Crippen LogP contribution in [0.2, 0.25) is 0 Å². The molecule has 1 heterocycles. The number of hydrogen-bond donors (Lipinski definition) is 3. The summed E-state index contributed by atoms with van der Waals surface area (Å²) < 4.78 is 0. The molecular weight excluding hydrogens is 150 g/mol. The van der Waals surface area contributed by atoms with Crippen LogP contribution in [0.5, 0.6) is 0 Å². The Kier molecular flexibility index (Phi) is 3.50. The van der Waals surface area contributed by atoms with Gasteiger partial charge in [0.1, 0.15) is 0 Å². The van der Waals surface area contributed by atoms with Crippen molar-refractivity contribution < 1.29 is 0 Å². The van der Waals surface area contributed by atoms with Gasteiger partial charge in [0.15, 0.2) is 0 Å². The molecule has 3 unspecified atom stereocenters. The summed E-state index contributed by atoms with van der Waals surface area (Å²) in [5, 5.41) is 10.1. The zero-order chi connectivity index (χ0) is 9.14. The van der Waals surface area contributed by atoms with Gasteiger partial charge in [0.25, 0.3) is 0 Å². The van der Waals surface area contributed by atoms with Crippen LogP contribution in [0, 0.1) is 11.8 Å². The summed E-state index contributed by atoms with van der Waals surface area (Å²) in [7, 11) is 2.02. The Hall–Kier alpha value is -0.120. The van der Waals surface area contributed by atoms with E-state index in [1.807, 2.05) is 7.05 Å². The van der Waals surface area contributed by atoms with Crippen LogP contribution in [0.25, 0.3) is 0 Å². The van der Waals surface area contributed by atoms with Crippen molar-refractivity contribution in [3.8, 4) is 0 Å². The summed E-state index contributed by atoms with van der Waals surface area (Å²) in [6, 6.07) is 0.601. The van der Waals surface area contributed by atoms with Gasteiger partial charge >= 0.3 is 0 Å². The molecule has 0 bridgehead atoms. The average molecular weight is 171 g/mol. The van der Waals surface area contributed by atoms with Crippen LogP contribution < -0.4 is 16.0 Å². The second-order valence-electron chi connectivity index (χ2n) is 3.96. The highest BCUT2D eigenvalue weighted by Gasteiger charge is 2.31. The highest BCUT2D eigenvalue weighted by Crippen LogP contribution is 2.20. The molecule has 3 nitrogen and oxygen atoms in total. The van der Waals surface area contributed by atoms with E-state index in [-0.39, 0.29) is 0 Å². The standard InChI is InChI=1S/C9H21N3/c1-6(2)8-7(3)11-5-12-9(8)10-4/h6-12H,5H2,1-4H3. The molecule has 3 heteroatoms. The van der Waals surface area contributed by atoms with Crippen molar-refractivity contribution in [3.05, 3.63) is 0 Å². The van der Waals surface area contributed by atoms with Crippen molar-refractivity contribution in [1.82, 2.24) is 16.0 Å². The van der Waals surface area contributed by atoms with E-state index < -0.39 is 0 Å². The average Bonchev–Trinajstić information content (AvgIpc) is 2.03. The Morgan fingerprint density at radius 2 is 2.00 bits per heavy atom. The maximum absolute atomic E-state index is 3.43. The molecule has 0 radical (unpaired) electrons. The molecule has 0 amide bonds. The third-order valence-corrected chi connectivity index (χ3v) is 2.79. The van der Waals surface area contributed by atoms with Crippen LogP contribution in [-0.4, -0.2) is 25.9 Å². The van der Waals surface area contributed by atoms with Gasteiger partial charge in [0.2, 0.25) is 0 Å². The van der Waals surface area contributed by atoms with Crippen LogP contribution in [-0.2, 0) is 0 Å². The molecule has 0 saturated carbocycles. The first kappa shape index (κ1) is 9.96. The molecule has 1 fully saturated rings. The first-order chi connectivity index (χ1) is 5.66. The predicted molar refractivity (Wildman–Crippen MR) is 51.8 cm³/mol. The Bertz CT molecular complexity index is 136. The van der Waals surface area contributed by atoms with Crippen LogP contribution in [0.4, 0.5) is 0 Å². The van der Waals surface area contributed by atoms with Crippen molar-refractivity contribution >= 4 is 0 Å². The lowest BCUT2D eigenvalue weighted by Crippen LogP contribution is -2.62. The fourth-order valence-electron chi connectivity index (χ4n) is 2.15. The van der Waals surface area contributed by atoms with Gasteiger partial charge in [-0.2, -0.15) is 0 Å². The first-order valence-corrected chi connectivity index (χ1v) is 4.81. The van der Waals surface area contributed by atoms with Gasteiger partial charge in [-0.3, -0.25) is 5.32 Å². The summed E-state index contributed by atoms with van der Waals surface area (Å²) >= 11 is 0. The van der Waals surface area contributed by atoms with Crippen LogP contribution in [0.1, 0.15) is 20.8 Å². The lowest BCUT2D eigenvalue weighted by Gasteiger charge is -2.40. The third-order valence-electron chi connectivity index (χ3n) is 2.79. The molecule has 1 aliphatic rings. The number of hydrogen-bond acceptors (Lipinski definition) is 3. The van der Waals surface area contributed by atoms with Crippen molar-refractivity contribution in [3.63, 3.8) is 0 Å². The second kappa shape index (κ2) is 4.21. The van der Waals surface area contributed by atoms with Crippen LogP contribution in [0.15, 0.2) is 0 Å². The zero-order valence-corrected chi connectivity index (χ0v) is 8.52. The van der Waals surface area contributed by atoms with E-state index in [1.165, 1.54) is 0 Å². The van der Waals surface area contributed by atoms with E-state index >= 15 is 0 Å². The van der Waals surface area contributed by atoms with Gasteiger partial charge in [0, 0.05) is 18.6 Å². The van der Waals surface area contributed by atoms with Gasteiger partial charge in [0.05, 0.1) is 6.17 Å². The van der Waals surface area contributed by atoms with Gasteiger partial charge in [-0.05, 0) is 19.9 Å². The fraction of sp³-hybridized carbons (Fsp3) is 1.00. The minimum Gasteiger partial charge on any atom is -0.305 e. The van der Waals surface area contributed by atoms with Gasteiger partial charge in [-0.15, -0.1) is 0 Å². The van der Waals surface area contributed by atoms with Crippen molar-refractivity contribution in [1.29, 1.82) is 0 Å². The molecule has 0 aromatic heterocycles. The van der Waals surface area contributed by atoms with Crippen LogP contribution in [0.3, 0.4) is 0 Å². The Morgan fingerprint density at radius 3 is 2.42 bits per heavy atom. The Balaban J connectivity index is 2.59. The quantitative estimate of drug-likeness (QED) is 0.561. The molecule has 1 rings (SSSR count). The maximum atomic E-state index is 3.43. The third kappa shape index (κ3) is 1.97. The smallest absolute Gasteiger partial charge is 0.0625 e. The van der Waals surface area contributed by atoms with Crippen molar-refractivity contribution in [2.24, 2.45) is 11.8 Å². The highest BCUT2D eigenvalue weighted by molar-refractivity contribution is 4.87. The van der Waals surface area contributed by atoms with Crippen LogP contribution >= 0.6 is 0 Å². The first-order valence-electron chi connectivity index (χ1n) is 4.81. The van der Waals surface area contributed by atoms with E-state index in [0.717, 1.165) is 6.67 Å². The Morgan fingerprint density at radius 1 is 1.33 bits per heavy atom. The Labute approximate surface area is 75.3 Å². The largest absolute Gasteiger partial charge is 0.305 e. The predicted octanol–water partition coefficient (Wildman–Crippen LogP) is 0.343. The highest BCUT2D eigenvalue weighted by atomic mass is 15.2. The van der Waals surface area contributed by atoms with Gasteiger partial charge < -0.3 is 10.6 Å². The lowest BCUT2D eigenvalue weighted by molar-refractivity contribution is 0.151. The number of rotatable bonds is 2. The lowest BCUT2D eigenvalue weighted by atomic mass is 9.85. The molecule has 0 aromatic rings. The zero-order valence-electron chi connectivity index (χ0n) is 8.52. The van der Waals surface area contributed by atoms with Crippen molar-refractivity contribution in [2.75, 3.05) is 13.7 Å². The van der Waals surface area contributed by atoms with E-state index in [4.69, 9.17) is 0 Å². The van der Waals surface area contributed by atoms with Gasteiger partial charge in [-0.1, -0.05) is 13.8 Å². The molecule has 0 spiro atoms. The topological polar surface area (TPSA) is 36.1 Å². The van der Waals surface area contributed by atoms with Crippen molar-refractivity contribution in [2.45, 2.75) is 33.0 Å². The maximum Gasteiger partial charge on any atom is 0.0625 e. The molecular formula is C9H21N3. The molecule has 0 aliphatic carbocycles. The normalized spacial score (nSPS) is 37.2. The summed E-state index contributed by atoms with van der Waals surface area (Å²) in [6.07, 6.45) is 0.459. The molecule has 3 N–H and O–H groups in total. The summed E-state index contributed by atoms with van der Waals surface area (Å²) in [6.45, 7) is 7.73. The second-order valence-corrected chi connectivity index (χ2v) is 3.96. The molecule has 0 aromatic carbocycles. The summed E-state index contributed by atoms with van der Waals surface area (Å²) in [5.41, 5.74) is 0. The molecule has 12 heavy (non-hydrogen) atoms. The molecule has 1 aliphatic heterocycles. The van der Waals surface area contributed by atoms with E-state index in [1.54, 1.807) is 0 Å². The molecule has 1 saturated heterocycles. The summed E-state index contributed by atoms with van der Waals surface area (Å²) in [5.74, 6) is 1.38. The van der Waals surface area contributed by atoms with E-state index in [0.29, 0.717) is 24.0 Å². The SMILES string of the molecule is CNC1NCNC(C)C1C(C)C. The summed E-state index contributed by atoms with van der Waals surface area (Å²) in [4.78, 5) is 0. The van der Waals surface area contributed by atoms with E-state index in [2.05, 4.69) is 36.7 Å². The molecule has 72 valence electrons. The van der Waals surface area contributed by atoms with Gasteiger partial charge in [-0.25, -0.2) is 0 Å². The number of nitrogens with one attached hydrogen (secondary N) is 3. The molecule has 3 atom stereocenters.